The van der Waals surface area contributed by atoms with Gasteiger partial charge in [-0.25, -0.2) is 0 Å². The van der Waals surface area contributed by atoms with Gasteiger partial charge in [0.05, 0.1) is 6.61 Å². The average Bonchev–Trinajstić information content (AvgIpc) is 2.40. The van der Waals surface area contributed by atoms with Crippen molar-refractivity contribution in [2.45, 2.75) is 53.0 Å². The second-order valence-corrected chi connectivity index (χ2v) is 5.04. The Morgan fingerprint density at radius 1 is 1.28 bits per heavy atom. The zero-order valence-electron chi connectivity index (χ0n) is 12.0. The van der Waals surface area contributed by atoms with E-state index in [4.69, 9.17) is 10.5 Å². The first-order chi connectivity index (χ1) is 8.71. The van der Waals surface area contributed by atoms with Gasteiger partial charge in [-0.15, -0.1) is 0 Å². The Labute approximate surface area is 112 Å². The largest absolute Gasteiger partial charge is 0.493 e. The third kappa shape index (κ3) is 4.69. The van der Waals surface area contributed by atoms with Crippen LogP contribution >= 0.6 is 0 Å². The van der Waals surface area contributed by atoms with Crippen molar-refractivity contribution in [3.8, 4) is 5.75 Å². The molecule has 0 spiro atoms. The quantitative estimate of drug-likeness (QED) is 0.754. The van der Waals surface area contributed by atoms with Crippen LogP contribution in [0.5, 0.6) is 5.75 Å². The van der Waals surface area contributed by atoms with Gasteiger partial charge in [-0.3, -0.25) is 0 Å². The zero-order valence-corrected chi connectivity index (χ0v) is 12.0. The normalized spacial score (nSPS) is 12.4. The highest BCUT2D eigenvalue weighted by atomic mass is 16.5. The van der Waals surface area contributed by atoms with Gasteiger partial charge in [0.15, 0.2) is 0 Å². The SMILES string of the molecule is CCCCC(CC)COc1ccc(C)cc1CN. The van der Waals surface area contributed by atoms with E-state index in [9.17, 15) is 0 Å². The number of unbranched alkanes of at least 4 members (excludes halogenated alkanes) is 1. The fourth-order valence-electron chi connectivity index (χ4n) is 2.11. The third-order valence-corrected chi connectivity index (χ3v) is 3.45. The lowest BCUT2D eigenvalue weighted by Crippen LogP contribution is -2.13. The van der Waals surface area contributed by atoms with E-state index in [1.807, 2.05) is 6.07 Å². The predicted molar refractivity (Wildman–Crippen MR) is 77.9 cm³/mol. The summed E-state index contributed by atoms with van der Waals surface area (Å²) in [5, 5.41) is 0. The Kier molecular flexibility index (Phi) is 6.81. The highest BCUT2D eigenvalue weighted by Gasteiger charge is 2.08. The number of hydrogen-bond donors (Lipinski definition) is 1. The summed E-state index contributed by atoms with van der Waals surface area (Å²) in [6, 6.07) is 6.24. The van der Waals surface area contributed by atoms with Gasteiger partial charge in [0.25, 0.3) is 0 Å². The molecule has 1 aromatic rings. The molecule has 0 fully saturated rings. The van der Waals surface area contributed by atoms with Crippen LogP contribution in [0.1, 0.15) is 50.7 Å². The first-order valence-electron chi connectivity index (χ1n) is 7.13. The summed E-state index contributed by atoms with van der Waals surface area (Å²) in [6.45, 7) is 7.91. The number of ether oxygens (including phenoxy) is 1. The summed E-state index contributed by atoms with van der Waals surface area (Å²) >= 11 is 0. The summed E-state index contributed by atoms with van der Waals surface area (Å²) in [6.07, 6.45) is 5.00. The smallest absolute Gasteiger partial charge is 0.123 e. The van der Waals surface area contributed by atoms with E-state index >= 15 is 0 Å². The van der Waals surface area contributed by atoms with Crippen molar-refractivity contribution in [2.75, 3.05) is 6.61 Å². The van der Waals surface area contributed by atoms with Gasteiger partial charge in [0.1, 0.15) is 5.75 Å². The van der Waals surface area contributed by atoms with Crippen molar-refractivity contribution in [1.82, 2.24) is 0 Å². The monoisotopic (exact) mass is 249 g/mol. The Morgan fingerprint density at radius 2 is 2.06 bits per heavy atom. The maximum absolute atomic E-state index is 5.95. The molecule has 0 aliphatic rings. The van der Waals surface area contributed by atoms with Gasteiger partial charge in [0.2, 0.25) is 0 Å². The van der Waals surface area contributed by atoms with Crippen molar-refractivity contribution in [1.29, 1.82) is 0 Å². The molecule has 18 heavy (non-hydrogen) atoms. The summed E-state index contributed by atoms with van der Waals surface area (Å²) in [7, 11) is 0. The second-order valence-electron chi connectivity index (χ2n) is 5.04. The predicted octanol–water partition coefficient (Wildman–Crippen LogP) is 4.05. The molecule has 102 valence electrons. The standard InChI is InChI=1S/C16H27NO/c1-4-6-7-14(5-2)12-18-16-9-8-13(3)10-15(16)11-17/h8-10,14H,4-7,11-12,17H2,1-3H3. The van der Waals surface area contributed by atoms with E-state index < -0.39 is 0 Å². The van der Waals surface area contributed by atoms with Crippen LogP contribution in [0.3, 0.4) is 0 Å². The molecule has 1 atom stereocenters. The van der Waals surface area contributed by atoms with Crippen molar-refractivity contribution in [3.05, 3.63) is 29.3 Å². The van der Waals surface area contributed by atoms with Crippen LogP contribution in [0.15, 0.2) is 18.2 Å². The second kappa shape index (κ2) is 8.15. The van der Waals surface area contributed by atoms with Crippen molar-refractivity contribution in [2.24, 2.45) is 11.7 Å². The fourth-order valence-corrected chi connectivity index (χ4v) is 2.11. The number of benzene rings is 1. The molecule has 1 aromatic carbocycles. The van der Waals surface area contributed by atoms with Gasteiger partial charge in [-0.05, 0) is 25.3 Å². The highest BCUT2D eigenvalue weighted by molar-refractivity contribution is 5.36. The van der Waals surface area contributed by atoms with Gasteiger partial charge in [0, 0.05) is 12.1 Å². The Morgan fingerprint density at radius 3 is 2.67 bits per heavy atom. The van der Waals surface area contributed by atoms with Crippen molar-refractivity contribution in [3.63, 3.8) is 0 Å². The molecular weight excluding hydrogens is 222 g/mol. The van der Waals surface area contributed by atoms with Gasteiger partial charge < -0.3 is 10.5 Å². The topological polar surface area (TPSA) is 35.2 Å². The molecule has 1 unspecified atom stereocenters. The molecule has 2 heteroatoms. The van der Waals surface area contributed by atoms with Crippen LogP contribution in [-0.2, 0) is 6.54 Å². The molecule has 0 amide bonds. The first-order valence-corrected chi connectivity index (χ1v) is 7.13. The van der Waals surface area contributed by atoms with Crippen LogP contribution in [0, 0.1) is 12.8 Å². The van der Waals surface area contributed by atoms with Crippen LogP contribution < -0.4 is 10.5 Å². The Hall–Kier alpha value is -1.02. The number of nitrogens with two attached hydrogens (primary N) is 1. The van der Waals surface area contributed by atoms with Gasteiger partial charge >= 0.3 is 0 Å². The fraction of sp³-hybridized carbons (Fsp3) is 0.625. The molecular formula is C16H27NO. The molecule has 1 rings (SSSR count). The molecule has 2 N–H and O–H groups in total. The minimum atomic E-state index is 0.544. The molecule has 0 saturated heterocycles. The van der Waals surface area contributed by atoms with Crippen molar-refractivity contribution >= 4 is 0 Å². The average molecular weight is 249 g/mol. The lowest BCUT2D eigenvalue weighted by Gasteiger charge is -2.17. The van der Waals surface area contributed by atoms with E-state index in [-0.39, 0.29) is 0 Å². The van der Waals surface area contributed by atoms with Gasteiger partial charge in [-0.1, -0.05) is 50.8 Å². The highest BCUT2D eigenvalue weighted by Crippen LogP contribution is 2.21. The molecule has 0 aliphatic carbocycles. The van der Waals surface area contributed by atoms with Crippen LogP contribution in [0.4, 0.5) is 0 Å². The molecule has 0 radical (unpaired) electrons. The zero-order chi connectivity index (χ0) is 13.4. The minimum absolute atomic E-state index is 0.544. The maximum atomic E-state index is 5.95. The summed E-state index contributed by atoms with van der Waals surface area (Å²) in [5.41, 5.74) is 8.11. The minimum Gasteiger partial charge on any atom is -0.493 e. The number of hydrogen-bond acceptors (Lipinski definition) is 2. The molecule has 2 nitrogen and oxygen atoms in total. The van der Waals surface area contributed by atoms with E-state index in [1.54, 1.807) is 0 Å². The van der Waals surface area contributed by atoms with Crippen LogP contribution in [-0.4, -0.2) is 6.61 Å². The Bertz CT molecular complexity index is 349. The van der Waals surface area contributed by atoms with E-state index in [0.29, 0.717) is 12.5 Å². The first kappa shape index (κ1) is 15.0. The number of rotatable bonds is 8. The van der Waals surface area contributed by atoms with E-state index in [1.165, 1.54) is 31.2 Å². The van der Waals surface area contributed by atoms with Crippen LogP contribution in [0.25, 0.3) is 0 Å². The van der Waals surface area contributed by atoms with Crippen LogP contribution in [0.2, 0.25) is 0 Å². The lowest BCUT2D eigenvalue weighted by molar-refractivity contribution is 0.231. The summed E-state index contributed by atoms with van der Waals surface area (Å²) in [5.74, 6) is 1.62. The third-order valence-electron chi connectivity index (χ3n) is 3.45. The maximum Gasteiger partial charge on any atom is 0.123 e. The molecule has 0 saturated carbocycles. The molecule has 0 heterocycles. The van der Waals surface area contributed by atoms with Gasteiger partial charge in [-0.2, -0.15) is 0 Å². The molecule has 0 aliphatic heterocycles. The van der Waals surface area contributed by atoms with E-state index in [0.717, 1.165) is 17.9 Å². The molecule has 0 aromatic heterocycles. The van der Waals surface area contributed by atoms with Crippen molar-refractivity contribution < 1.29 is 4.74 Å². The number of aryl methyl sites for hydroxylation is 1. The Balaban J connectivity index is 2.56. The van der Waals surface area contributed by atoms with E-state index in [2.05, 4.69) is 32.9 Å². The molecule has 0 bridgehead atoms. The lowest BCUT2D eigenvalue weighted by atomic mass is 10.0. The summed E-state index contributed by atoms with van der Waals surface area (Å²) in [4.78, 5) is 0. The summed E-state index contributed by atoms with van der Waals surface area (Å²) < 4.78 is 5.95.